The minimum absolute atomic E-state index is 0.107. The van der Waals surface area contributed by atoms with Crippen LogP contribution in [0.25, 0.3) is 21.8 Å². The Hall–Kier alpha value is -2.63. The Bertz CT molecular complexity index is 923. The van der Waals surface area contributed by atoms with Crippen molar-refractivity contribution in [2.75, 3.05) is 7.05 Å². The van der Waals surface area contributed by atoms with Gasteiger partial charge in [0, 0.05) is 24.9 Å². The fourth-order valence-corrected chi connectivity index (χ4v) is 2.96. The van der Waals surface area contributed by atoms with E-state index in [1.165, 1.54) is 4.68 Å². The number of aryl methyl sites for hydroxylation is 1. The molecule has 0 aliphatic carbocycles. The van der Waals surface area contributed by atoms with Crippen LogP contribution in [0.5, 0.6) is 0 Å². The summed E-state index contributed by atoms with van der Waals surface area (Å²) in [6, 6.07) is 7.28. The van der Waals surface area contributed by atoms with E-state index in [0.717, 1.165) is 16.3 Å². The summed E-state index contributed by atoms with van der Waals surface area (Å²) in [6.07, 6.45) is 2.28. The quantitative estimate of drug-likeness (QED) is 0.798. The molecule has 3 aromatic rings. The van der Waals surface area contributed by atoms with Crippen LogP contribution >= 0.6 is 0 Å². The number of carbonyl (C=O) groups is 1. The molecule has 1 amide bonds. The average molecular weight is 298 g/mol. The van der Waals surface area contributed by atoms with Gasteiger partial charge < -0.3 is 9.88 Å². The number of amides is 1. The van der Waals surface area contributed by atoms with E-state index in [1.807, 2.05) is 35.8 Å². The molecule has 22 heavy (non-hydrogen) atoms. The molecule has 0 unspecified atom stereocenters. The second-order valence-electron chi connectivity index (χ2n) is 5.26. The number of para-hydroxylation sites is 1. The summed E-state index contributed by atoms with van der Waals surface area (Å²) in [4.78, 5) is 24.9. The van der Waals surface area contributed by atoms with Gasteiger partial charge in [0.25, 0.3) is 5.56 Å². The number of hydrogen-bond acceptors (Lipinski definition) is 3. The smallest absolute Gasteiger partial charge is 0.291 e. The highest BCUT2D eigenvalue weighted by Crippen LogP contribution is 2.30. The molecule has 0 saturated carbocycles. The van der Waals surface area contributed by atoms with E-state index >= 15 is 0 Å². The zero-order chi connectivity index (χ0) is 15.9. The SMILES string of the molecule is CC[C@@H](C(=O)NC)n1c2ccccc2c2cnn(C)c(=O)c21. The lowest BCUT2D eigenvalue weighted by molar-refractivity contribution is -0.123. The lowest BCUT2D eigenvalue weighted by Crippen LogP contribution is -2.31. The second-order valence-corrected chi connectivity index (χ2v) is 5.26. The summed E-state index contributed by atoms with van der Waals surface area (Å²) in [5.41, 5.74) is 1.20. The van der Waals surface area contributed by atoms with E-state index in [9.17, 15) is 9.59 Å². The van der Waals surface area contributed by atoms with Gasteiger partial charge in [-0.05, 0) is 12.5 Å². The normalized spacial score (nSPS) is 12.7. The van der Waals surface area contributed by atoms with Gasteiger partial charge in [-0.3, -0.25) is 9.59 Å². The van der Waals surface area contributed by atoms with Crippen LogP contribution in [-0.2, 0) is 11.8 Å². The van der Waals surface area contributed by atoms with Crippen LogP contribution in [-0.4, -0.2) is 27.3 Å². The standard InChI is InChI=1S/C16H18N4O2/c1-4-12(15(21)17-2)20-13-8-6-5-7-10(13)11-9-18-19(3)16(22)14(11)20/h5-9,12H,4H2,1-3H3,(H,17,21)/t12-/m0/s1. The van der Waals surface area contributed by atoms with Gasteiger partial charge in [0.2, 0.25) is 5.91 Å². The number of nitrogens with zero attached hydrogens (tertiary/aromatic N) is 3. The molecule has 0 bridgehead atoms. The molecule has 0 radical (unpaired) electrons. The predicted molar refractivity (Wildman–Crippen MR) is 85.9 cm³/mol. The highest BCUT2D eigenvalue weighted by atomic mass is 16.2. The molecule has 0 fully saturated rings. The molecule has 0 aliphatic rings. The molecule has 0 saturated heterocycles. The number of carbonyl (C=O) groups excluding carboxylic acids is 1. The van der Waals surface area contributed by atoms with Gasteiger partial charge in [-0.25, -0.2) is 4.68 Å². The summed E-state index contributed by atoms with van der Waals surface area (Å²) in [5.74, 6) is -0.107. The van der Waals surface area contributed by atoms with Gasteiger partial charge in [-0.2, -0.15) is 5.10 Å². The second kappa shape index (κ2) is 5.29. The van der Waals surface area contributed by atoms with Crippen molar-refractivity contribution >= 4 is 27.7 Å². The number of nitrogens with one attached hydrogen (secondary N) is 1. The van der Waals surface area contributed by atoms with Crippen molar-refractivity contribution in [3.05, 3.63) is 40.8 Å². The van der Waals surface area contributed by atoms with Crippen molar-refractivity contribution in [3.63, 3.8) is 0 Å². The van der Waals surface area contributed by atoms with Crippen LogP contribution in [0.3, 0.4) is 0 Å². The molecular weight excluding hydrogens is 280 g/mol. The molecule has 1 N–H and O–H groups in total. The fraction of sp³-hybridized carbons (Fsp3) is 0.312. The van der Waals surface area contributed by atoms with Gasteiger partial charge in [0.15, 0.2) is 0 Å². The average Bonchev–Trinajstić information content (AvgIpc) is 2.87. The first-order valence-electron chi connectivity index (χ1n) is 7.26. The van der Waals surface area contributed by atoms with Crippen molar-refractivity contribution in [1.29, 1.82) is 0 Å². The number of hydrogen-bond donors (Lipinski definition) is 1. The summed E-state index contributed by atoms with van der Waals surface area (Å²) in [7, 11) is 3.23. The third-order valence-electron chi connectivity index (χ3n) is 4.05. The van der Waals surface area contributed by atoms with Crippen molar-refractivity contribution < 1.29 is 4.79 Å². The molecule has 2 aromatic heterocycles. The van der Waals surface area contributed by atoms with Gasteiger partial charge in [-0.15, -0.1) is 0 Å². The largest absolute Gasteiger partial charge is 0.357 e. The first-order valence-corrected chi connectivity index (χ1v) is 7.26. The summed E-state index contributed by atoms with van der Waals surface area (Å²) in [5, 5.41) is 8.51. The molecule has 3 rings (SSSR count). The topological polar surface area (TPSA) is 68.9 Å². The Morgan fingerprint density at radius 2 is 2.05 bits per heavy atom. The maximum Gasteiger partial charge on any atom is 0.291 e. The van der Waals surface area contributed by atoms with E-state index in [1.54, 1.807) is 20.3 Å². The minimum atomic E-state index is -0.428. The molecule has 114 valence electrons. The van der Waals surface area contributed by atoms with Gasteiger partial charge in [0.1, 0.15) is 11.6 Å². The van der Waals surface area contributed by atoms with Gasteiger partial charge >= 0.3 is 0 Å². The molecule has 1 atom stereocenters. The van der Waals surface area contributed by atoms with Crippen LogP contribution < -0.4 is 10.9 Å². The maximum absolute atomic E-state index is 12.6. The first-order chi connectivity index (χ1) is 10.6. The Balaban J connectivity index is 2.51. The maximum atomic E-state index is 12.6. The molecule has 0 spiro atoms. The predicted octanol–water partition coefficient (Wildman–Crippen LogP) is 1.59. The van der Waals surface area contributed by atoms with Crippen LogP contribution in [0, 0.1) is 0 Å². The highest BCUT2D eigenvalue weighted by Gasteiger charge is 2.24. The lowest BCUT2D eigenvalue weighted by atomic mass is 10.2. The number of aromatic nitrogens is 3. The van der Waals surface area contributed by atoms with Crippen molar-refractivity contribution in [2.45, 2.75) is 19.4 Å². The summed E-state index contributed by atoms with van der Waals surface area (Å²) < 4.78 is 3.14. The Labute approximate surface area is 127 Å². The number of likely N-dealkylation sites (N-methyl/N-ethyl adjacent to an activating group) is 1. The van der Waals surface area contributed by atoms with Crippen molar-refractivity contribution in [3.8, 4) is 0 Å². The van der Waals surface area contributed by atoms with Crippen molar-refractivity contribution in [2.24, 2.45) is 7.05 Å². The molecular formula is C16H18N4O2. The third-order valence-corrected chi connectivity index (χ3v) is 4.05. The van der Waals surface area contributed by atoms with Gasteiger partial charge in [0.05, 0.1) is 11.7 Å². The highest BCUT2D eigenvalue weighted by molar-refractivity contribution is 6.08. The van der Waals surface area contributed by atoms with E-state index in [2.05, 4.69) is 10.4 Å². The number of benzene rings is 1. The zero-order valence-electron chi connectivity index (χ0n) is 12.8. The van der Waals surface area contributed by atoms with Crippen molar-refractivity contribution in [1.82, 2.24) is 19.7 Å². The number of fused-ring (bicyclic) bond motifs is 3. The molecule has 0 aliphatic heterocycles. The Kier molecular flexibility index (Phi) is 3.44. The van der Waals surface area contributed by atoms with E-state index in [-0.39, 0.29) is 11.5 Å². The number of rotatable bonds is 3. The molecule has 2 heterocycles. The Morgan fingerprint density at radius 3 is 2.73 bits per heavy atom. The molecule has 6 nitrogen and oxygen atoms in total. The van der Waals surface area contributed by atoms with Crippen LogP contribution in [0.2, 0.25) is 0 Å². The third kappa shape index (κ3) is 1.91. The molecule has 1 aromatic carbocycles. The monoisotopic (exact) mass is 298 g/mol. The zero-order valence-corrected chi connectivity index (χ0v) is 12.8. The van der Waals surface area contributed by atoms with E-state index in [4.69, 9.17) is 0 Å². The summed E-state index contributed by atoms with van der Waals surface area (Å²) in [6.45, 7) is 1.94. The van der Waals surface area contributed by atoms with Crippen LogP contribution in [0.4, 0.5) is 0 Å². The minimum Gasteiger partial charge on any atom is -0.357 e. The molecule has 6 heteroatoms. The summed E-state index contributed by atoms with van der Waals surface area (Å²) >= 11 is 0. The van der Waals surface area contributed by atoms with E-state index in [0.29, 0.717) is 11.9 Å². The first kappa shape index (κ1) is 14.3. The van der Waals surface area contributed by atoms with Gasteiger partial charge in [-0.1, -0.05) is 25.1 Å². The van der Waals surface area contributed by atoms with Crippen LogP contribution in [0.15, 0.2) is 35.3 Å². The fourth-order valence-electron chi connectivity index (χ4n) is 2.96. The lowest BCUT2D eigenvalue weighted by Gasteiger charge is -2.18. The van der Waals surface area contributed by atoms with E-state index < -0.39 is 6.04 Å². The van der Waals surface area contributed by atoms with Crippen LogP contribution in [0.1, 0.15) is 19.4 Å². The Morgan fingerprint density at radius 1 is 1.32 bits per heavy atom.